The molecule has 10 nitrogen and oxygen atoms in total. The standard InChI is InChI=1S/C27H32FN7O3/c1-16-11-17(12-19-15-32(5)30-23(16)19)18-13-21(28)24-22(14-18)35(37)31-25(29-24)33(6)20-7-9-34(10-8-20)26(36)38-27(2,3)4/h11-15,20H,7-10H2,1-6H3. The van der Waals surface area contributed by atoms with Crippen LogP contribution in [0.15, 0.2) is 30.5 Å². The van der Waals surface area contributed by atoms with Gasteiger partial charge >= 0.3 is 6.09 Å². The van der Waals surface area contributed by atoms with E-state index in [0.717, 1.165) is 22.0 Å². The van der Waals surface area contributed by atoms with Crippen LogP contribution in [0.25, 0.3) is 33.1 Å². The zero-order valence-electron chi connectivity index (χ0n) is 22.5. The summed E-state index contributed by atoms with van der Waals surface area (Å²) in [5, 5.41) is 22.5. The molecule has 11 heteroatoms. The van der Waals surface area contributed by atoms with E-state index >= 15 is 4.39 Å². The molecule has 0 spiro atoms. The molecule has 0 atom stereocenters. The van der Waals surface area contributed by atoms with Crippen molar-refractivity contribution in [1.82, 2.24) is 24.8 Å². The van der Waals surface area contributed by atoms with Crippen LogP contribution in [0.3, 0.4) is 0 Å². The summed E-state index contributed by atoms with van der Waals surface area (Å²) >= 11 is 0. The maximum absolute atomic E-state index is 15.4. The highest BCUT2D eigenvalue weighted by Crippen LogP contribution is 2.30. The Hall–Kier alpha value is -4.02. The highest BCUT2D eigenvalue weighted by Gasteiger charge is 2.30. The minimum atomic E-state index is -0.595. The van der Waals surface area contributed by atoms with Gasteiger partial charge in [-0.25, -0.2) is 9.18 Å². The summed E-state index contributed by atoms with van der Waals surface area (Å²) in [7, 11) is 3.64. The van der Waals surface area contributed by atoms with Crippen LogP contribution >= 0.6 is 0 Å². The average molecular weight is 522 g/mol. The van der Waals surface area contributed by atoms with E-state index in [0.29, 0.717) is 36.3 Å². The Morgan fingerprint density at radius 2 is 1.84 bits per heavy atom. The number of likely N-dealkylation sites (tertiary alicyclic amines) is 1. The number of aromatic nitrogens is 5. The summed E-state index contributed by atoms with van der Waals surface area (Å²) in [5.41, 5.74) is 2.64. The monoisotopic (exact) mass is 521 g/mol. The number of piperidine rings is 1. The molecule has 1 saturated heterocycles. The van der Waals surface area contributed by atoms with Gasteiger partial charge in [0.2, 0.25) is 0 Å². The molecule has 4 aromatic rings. The Labute approximate surface area is 220 Å². The van der Waals surface area contributed by atoms with Gasteiger partial charge in [-0.1, -0.05) is 0 Å². The first kappa shape index (κ1) is 25.6. The SMILES string of the molecule is Cc1cc(-c2cc(F)c3nc(N(C)C4CCN(C(=O)OC(C)(C)C)CC4)n[n+]([O-])c3c2)cc2cn(C)nc12. The van der Waals surface area contributed by atoms with Crippen molar-refractivity contribution in [1.29, 1.82) is 0 Å². The number of carbonyl (C=O) groups is 1. The second kappa shape index (κ2) is 9.38. The van der Waals surface area contributed by atoms with Crippen LogP contribution in [0, 0.1) is 17.9 Å². The van der Waals surface area contributed by atoms with Crippen LogP contribution in [-0.4, -0.2) is 62.6 Å². The van der Waals surface area contributed by atoms with Gasteiger partial charge in [0.15, 0.2) is 11.3 Å². The third-order valence-electron chi connectivity index (χ3n) is 6.87. The summed E-state index contributed by atoms with van der Waals surface area (Å²) in [5.74, 6) is -0.453. The van der Waals surface area contributed by atoms with Gasteiger partial charge in [0.05, 0.1) is 10.6 Å². The highest BCUT2D eigenvalue weighted by molar-refractivity contribution is 5.89. The van der Waals surface area contributed by atoms with Gasteiger partial charge in [0.25, 0.3) is 11.5 Å². The molecular weight excluding hydrogens is 489 g/mol. The second-order valence-corrected chi connectivity index (χ2v) is 11.0. The number of nitrogens with zero attached hydrogens (tertiary/aromatic N) is 7. The molecule has 38 heavy (non-hydrogen) atoms. The van der Waals surface area contributed by atoms with Gasteiger partial charge in [0.1, 0.15) is 5.60 Å². The summed E-state index contributed by atoms with van der Waals surface area (Å²) in [6.07, 6.45) is 2.86. The Morgan fingerprint density at radius 3 is 2.53 bits per heavy atom. The van der Waals surface area contributed by atoms with E-state index in [1.807, 2.05) is 53.1 Å². The molecule has 1 aliphatic rings. The van der Waals surface area contributed by atoms with Crippen LogP contribution in [0.4, 0.5) is 15.1 Å². The van der Waals surface area contributed by atoms with E-state index in [9.17, 15) is 10.0 Å². The third kappa shape index (κ3) is 4.92. The summed E-state index contributed by atoms with van der Waals surface area (Å²) in [6, 6.07) is 6.86. The van der Waals surface area contributed by atoms with Gasteiger partial charge in [-0.3, -0.25) is 4.68 Å². The highest BCUT2D eigenvalue weighted by atomic mass is 19.1. The number of benzene rings is 2. The molecule has 0 radical (unpaired) electrons. The van der Waals surface area contributed by atoms with Gasteiger partial charge in [0, 0.05) is 50.9 Å². The van der Waals surface area contributed by atoms with Crippen LogP contribution in [0.1, 0.15) is 39.2 Å². The molecule has 0 bridgehead atoms. The fraction of sp³-hybridized carbons (Fsp3) is 0.444. The normalized spacial score (nSPS) is 14.9. The van der Waals surface area contributed by atoms with E-state index in [1.165, 1.54) is 6.07 Å². The first-order valence-electron chi connectivity index (χ1n) is 12.7. The number of carbonyl (C=O) groups excluding carboxylic acids is 1. The number of ether oxygens (including phenoxy) is 1. The molecule has 0 saturated carbocycles. The topological polar surface area (TPSA) is 103 Å². The van der Waals surface area contributed by atoms with Crippen LogP contribution < -0.4 is 9.75 Å². The van der Waals surface area contributed by atoms with Crippen molar-refractivity contribution in [2.45, 2.75) is 52.2 Å². The molecule has 3 heterocycles. The lowest BCUT2D eigenvalue weighted by Crippen LogP contribution is -2.48. The number of amides is 1. The van der Waals surface area contributed by atoms with Gasteiger partial charge < -0.3 is 19.7 Å². The minimum absolute atomic E-state index is 0.0114. The number of fused-ring (bicyclic) bond motifs is 2. The molecule has 5 rings (SSSR count). The van der Waals surface area contributed by atoms with Crippen LogP contribution in [0.2, 0.25) is 0 Å². The summed E-state index contributed by atoms with van der Waals surface area (Å²) in [6.45, 7) is 8.48. The first-order valence-corrected chi connectivity index (χ1v) is 12.7. The van der Waals surface area contributed by atoms with Crippen molar-refractivity contribution in [2.24, 2.45) is 7.05 Å². The Bertz CT molecular complexity index is 1540. The lowest BCUT2D eigenvalue weighted by atomic mass is 10.0. The lowest BCUT2D eigenvalue weighted by molar-refractivity contribution is -0.641. The molecule has 0 N–H and O–H groups in total. The molecule has 200 valence electrons. The second-order valence-electron chi connectivity index (χ2n) is 11.0. The van der Waals surface area contributed by atoms with Crippen molar-refractivity contribution in [2.75, 3.05) is 25.0 Å². The van der Waals surface area contributed by atoms with Gasteiger partial charge in [-0.05, 0) is 80.3 Å². The van der Waals surface area contributed by atoms with Crippen molar-refractivity contribution in [3.63, 3.8) is 0 Å². The number of halogens is 1. The van der Waals surface area contributed by atoms with Gasteiger partial charge in [-0.2, -0.15) is 10.1 Å². The fourth-order valence-electron chi connectivity index (χ4n) is 4.94. The maximum Gasteiger partial charge on any atom is 0.410 e. The Balaban J connectivity index is 1.39. The molecule has 2 aromatic heterocycles. The van der Waals surface area contributed by atoms with E-state index in [-0.39, 0.29) is 29.1 Å². The Kier molecular flexibility index (Phi) is 6.32. The minimum Gasteiger partial charge on any atom is -0.594 e. The average Bonchev–Trinajstić information content (AvgIpc) is 3.23. The van der Waals surface area contributed by atoms with Crippen LogP contribution in [-0.2, 0) is 11.8 Å². The predicted octanol–water partition coefficient (Wildman–Crippen LogP) is 4.10. The first-order chi connectivity index (χ1) is 17.9. The van der Waals surface area contributed by atoms with Crippen LogP contribution in [0.5, 0.6) is 0 Å². The molecule has 1 amide bonds. The van der Waals surface area contributed by atoms with E-state index < -0.39 is 11.4 Å². The molecule has 2 aromatic carbocycles. The third-order valence-corrected chi connectivity index (χ3v) is 6.87. The summed E-state index contributed by atoms with van der Waals surface area (Å²) in [4.78, 5) is 20.7. The lowest BCUT2D eigenvalue weighted by Gasteiger charge is -2.36. The quantitative estimate of drug-likeness (QED) is 0.295. The number of anilines is 1. The predicted molar refractivity (Wildman–Crippen MR) is 142 cm³/mol. The van der Waals surface area contributed by atoms with E-state index in [4.69, 9.17) is 4.74 Å². The molecule has 1 fully saturated rings. The Morgan fingerprint density at radius 1 is 1.16 bits per heavy atom. The van der Waals surface area contributed by atoms with Crippen molar-refractivity contribution in [3.05, 3.63) is 47.1 Å². The van der Waals surface area contributed by atoms with Gasteiger partial charge in [-0.15, -0.1) is 0 Å². The molecular formula is C27H32FN7O3. The molecule has 1 aliphatic heterocycles. The van der Waals surface area contributed by atoms with E-state index in [1.54, 1.807) is 27.6 Å². The van der Waals surface area contributed by atoms with Crippen molar-refractivity contribution < 1.29 is 18.8 Å². The van der Waals surface area contributed by atoms with Crippen molar-refractivity contribution in [3.8, 4) is 11.1 Å². The summed E-state index contributed by atoms with van der Waals surface area (Å²) < 4.78 is 22.6. The number of rotatable bonds is 3. The van der Waals surface area contributed by atoms with Crippen molar-refractivity contribution >= 4 is 34.0 Å². The fourth-order valence-corrected chi connectivity index (χ4v) is 4.94. The number of aryl methyl sites for hydroxylation is 2. The maximum atomic E-state index is 15.4. The molecule has 0 aliphatic carbocycles. The zero-order valence-corrected chi connectivity index (χ0v) is 22.5. The largest absolute Gasteiger partial charge is 0.594 e. The number of hydrogen-bond acceptors (Lipinski definition) is 7. The van der Waals surface area contributed by atoms with E-state index in [2.05, 4.69) is 15.2 Å². The number of hydrogen-bond donors (Lipinski definition) is 0. The molecule has 0 unspecified atom stereocenters. The zero-order chi connectivity index (χ0) is 27.4. The smallest absolute Gasteiger partial charge is 0.410 e.